The second kappa shape index (κ2) is 18.4. The van der Waals surface area contributed by atoms with Crippen molar-refractivity contribution in [3.8, 4) is 11.8 Å². The van der Waals surface area contributed by atoms with E-state index in [-0.39, 0.29) is 13.0 Å². The Bertz CT molecular complexity index is 653. The minimum Gasteiger partial charge on any atom is -0.481 e. The SMILES string of the molecule is CCCCCCCCCCCCCCC#CC(CCOCC(=O)O)(CC(=O)O)[N+]1=CNCC1. The van der Waals surface area contributed by atoms with Gasteiger partial charge in [0.1, 0.15) is 26.1 Å². The lowest BCUT2D eigenvalue weighted by atomic mass is 9.90. The number of carboxylic acids is 2. The van der Waals surface area contributed by atoms with Gasteiger partial charge in [-0.1, -0.05) is 89.4 Å². The predicted octanol–water partition coefficient (Wildman–Crippen LogP) is 4.43. The first kappa shape index (κ1) is 29.0. The standard InChI is InChI=1S/C26H44N2O5/c1-2-3-4-5-6-7-8-9-10-11-12-13-14-15-16-26(21-24(29)30,28-19-18-27-23-28)17-20-33-22-25(31)32/h23H,2-14,17-22H2,1H3,(H2,29,30,31,32)/p+1. The number of aliphatic carboxylic acids is 2. The summed E-state index contributed by atoms with van der Waals surface area (Å²) < 4.78 is 7.13. The minimum atomic E-state index is -1.04. The van der Waals surface area contributed by atoms with Crippen LogP contribution in [-0.4, -0.2) is 64.9 Å². The van der Waals surface area contributed by atoms with Crippen LogP contribution < -0.4 is 5.32 Å². The lowest BCUT2D eigenvalue weighted by Gasteiger charge is -2.26. The lowest BCUT2D eigenvalue weighted by Crippen LogP contribution is -2.44. The summed E-state index contributed by atoms with van der Waals surface area (Å²) in [7, 11) is 0. The molecule has 0 amide bonds. The van der Waals surface area contributed by atoms with E-state index in [0.717, 1.165) is 25.8 Å². The smallest absolute Gasteiger partial charge is 0.329 e. The number of hydrogen-bond donors (Lipinski definition) is 3. The molecule has 1 aliphatic rings. The van der Waals surface area contributed by atoms with Crippen molar-refractivity contribution in [2.75, 3.05) is 26.3 Å². The molecule has 0 saturated carbocycles. The van der Waals surface area contributed by atoms with E-state index in [2.05, 4.69) is 24.1 Å². The van der Waals surface area contributed by atoms with Crippen LogP contribution in [0.25, 0.3) is 0 Å². The molecule has 0 saturated heterocycles. The Balaban J connectivity index is 2.39. The average molecular weight is 466 g/mol. The van der Waals surface area contributed by atoms with Crippen LogP contribution in [0.2, 0.25) is 0 Å². The van der Waals surface area contributed by atoms with Crippen molar-refractivity contribution >= 4 is 18.3 Å². The van der Waals surface area contributed by atoms with Crippen molar-refractivity contribution in [2.45, 2.75) is 109 Å². The summed E-state index contributed by atoms with van der Waals surface area (Å²) in [5.74, 6) is 4.49. The van der Waals surface area contributed by atoms with Gasteiger partial charge in [0, 0.05) is 12.8 Å². The Morgan fingerprint density at radius 2 is 1.58 bits per heavy atom. The third kappa shape index (κ3) is 13.9. The van der Waals surface area contributed by atoms with Crippen molar-refractivity contribution in [3.63, 3.8) is 0 Å². The molecule has 188 valence electrons. The van der Waals surface area contributed by atoms with Crippen LogP contribution in [0.1, 0.15) is 103 Å². The van der Waals surface area contributed by atoms with Gasteiger partial charge in [-0.25, -0.2) is 9.37 Å². The lowest BCUT2D eigenvalue weighted by molar-refractivity contribution is -0.581. The van der Waals surface area contributed by atoms with E-state index >= 15 is 0 Å². The van der Waals surface area contributed by atoms with E-state index < -0.39 is 24.1 Å². The van der Waals surface area contributed by atoms with Gasteiger partial charge in [-0.3, -0.25) is 10.1 Å². The largest absolute Gasteiger partial charge is 0.481 e. The summed E-state index contributed by atoms with van der Waals surface area (Å²) >= 11 is 0. The molecule has 0 aliphatic carbocycles. The highest BCUT2D eigenvalue weighted by Gasteiger charge is 2.39. The predicted molar refractivity (Wildman–Crippen MR) is 131 cm³/mol. The molecule has 33 heavy (non-hydrogen) atoms. The van der Waals surface area contributed by atoms with Crippen LogP contribution in [0.5, 0.6) is 0 Å². The molecule has 1 rings (SSSR count). The third-order valence-electron chi connectivity index (χ3n) is 6.10. The molecule has 0 aromatic carbocycles. The van der Waals surface area contributed by atoms with Crippen molar-refractivity contribution < 1.29 is 29.1 Å². The molecule has 0 bridgehead atoms. The van der Waals surface area contributed by atoms with Gasteiger partial charge >= 0.3 is 11.9 Å². The number of hydrogen-bond acceptors (Lipinski definition) is 4. The molecule has 3 N–H and O–H groups in total. The molecule has 0 aromatic heterocycles. The van der Waals surface area contributed by atoms with Gasteiger partial charge < -0.3 is 14.9 Å². The highest BCUT2D eigenvalue weighted by Crippen LogP contribution is 2.22. The molecule has 1 heterocycles. The zero-order valence-corrected chi connectivity index (χ0v) is 20.6. The van der Waals surface area contributed by atoms with Crippen LogP contribution in [0.4, 0.5) is 0 Å². The maximum Gasteiger partial charge on any atom is 0.329 e. The summed E-state index contributed by atoms with van der Waals surface area (Å²) in [6, 6.07) is 0. The van der Waals surface area contributed by atoms with Gasteiger partial charge in [0.05, 0.1) is 6.61 Å². The van der Waals surface area contributed by atoms with Gasteiger partial charge in [0.2, 0.25) is 6.34 Å². The Labute approximate surface area is 200 Å². The Hall–Kier alpha value is -2.07. The van der Waals surface area contributed by atoms with Crippen LogP contribution in [0.15, 0.2) is 0 Å². The fourth-order valence-electron chi connectivity index (χ4n) is 4.21. The zero-order valence-electron chi connectivity index (χ0n) is 20.6. The number of unbranched alkanes of at least 4 members (excludes halogenated alkanes) is 12. The van der Waals surface area contributed by atoms with Crippen molar-refractivity contribution in [1.82, 2.24) is 5.32 Å². The molecule has 0 fully saturated rings. The molecule has 1 aliphatic heterocycles. The second-order valence-corrected chi connectivity index (χ2v) is 9.02. The summed E-state index contributed by atoms with van der Waals surface area (Å²) in [6.45, 7) is 3.41. The first-order valence-electron chi connectivity index (χ1n) is 12.8. The average Bonchev–Trinajstić information content (AvgIpc) is 3.32. The van der Waals surface area contributed by atoms with Gasteiger partial charge in [0.25, 0.3) is 0 Å². The fourth-order valence-corrected chi connectivity index (χ4v) is 4.21. The van der Waals surface area contributed by atoms with Crippen LogP contribution >= 0.6 is 0 Å². The van der Waals surface area contributed by atoms with Crippen molar-refractivity contribution in [2.24, 2.45) is 0 Å². The maximum atomic E-state index is 11.6. The third-order valence-corrected chi connectivity index (χ3v) is 6.10. The quantitative estimate of drug-likeness (QED) is 0.140. The maximum absolute atomic E-state index is 11.6. The topological polar surface area (TPSA) is 98.9 Å². The van der Waals surface area contributed by atoms with Crippen molar-refractivity contribution in [1.29, 1.82) is 0 Å². The van der Waals surface area contributed by atoms with Gasteiger partial charge in [-0.15, -0.1) is 0 Å². The Kier molecular flexibility index (Phi) is 16.1. The Morgan fingerprint density at radius 3 is 2.09 bits per heavy atom. The summed E-state index contributed by atoms with van der Waals surface area (Å²) in [6.07, 6.45) is 18.2. The number of carbonyl (C=O) groups is 2. The first-order chi connectivity index (χ1) is 16.0. The first-order valence-corrected chi connectivity index (χ1v) is 12.8. The monoisotopic (exact) mass is 465 g/mol. The summed E-state index contributed by atoms with van der Waals surface area (Å²) in [5, 5.41) is 21.4. The van der Waals surface area contributed by atoms with E-state index in [1.54, 1.807) is 6.34 Å². The van der Waals surface area contributed by atoms with Gasteiger partial charge in [-0.05, 0) is 6.42 Å². The van der Waals surface area contributed by atoms with E-state index in [4.69, 9.17) is 9.84 Å². The van der Waals surface area contributed by atoms with E-state index in [9.17, 15) is 14.7 Å². The van der Waals surface area contributed by atoms with E-state index in [1.165, 1.54) is 64.2 Å². The molecule has 1 atom stereocenters. The van der Waals surface area contributed by atoms with Crippen LogP contribution in [-0.2, 0) is 14.3 Å². The fraction of sp³-hybridized carbons (Fsp3) is 0.808. The highest BCUT2D eigenvalue weighted by atomic mass is 16.5. The summed E-state index contributed by atoms with van der Waals surface area (Å²) in [5.41, 5.74) is -0.884. The van der Waals surface area contributed by atoms with Gasteiger partial charge in [0.15, 0.2) is 5.54 Å². The Morgan fingerprint density at radius 1 is 0.970 bits per heavy atom. The highest BCUT2D eigenvalue weighted by molar-refractivity contribution is 5.69. The molecular weight excluding hydrogens is 420 g/mol. The van der Waals surface area contributed by atoms with Crippen molar-refractivity contribution in [3.05, 3.63) is 0 Å². The molecule has 7 heteroatoms. The number of carboxylic acid groups (broad SMARTS) is 2. The molecule has 0 radical (unpaired) electrons. The molecule has 1 unspecified atom stereocenters. The molecule has 7 nitrogen and oxygen atoms in total. The van der Waals surface area contributed by atoms with Gasteiger partial charge in [-0.2, -0.15) is 0 Å². The van der Waals surface area contributed by atoms with E-state index in [0.29, 0.717) is 13.0 Å². The number of ether oxygens (including phenoxy) is 1. The minimum absolute atomic E-state index is 0.132. The molecule has 0 aromatic rings. The number of nitrogens with one attached hydrogen (secondary N) is 1. The normalized spacial score (nSPS) is 14.6. The van der Waals surface area contributed by atoms with E-state index in [1.807, 2.05) is 4.58 Å². The molecular formula is C26H45N2O5+. The zero-order chi connectivity index (χ0) is 24.2. The van der Waals surface area contributed by atoms with Crippen LogP contribution in [0.3, 0.4) is 0 Å². The summed E-state index contributed by atoms with van der Waals surface area (Å²) in [4.78, 5) is 22.3. The number of rotatable bonds is 20. The second-order valence-electron chi connectivity index (χ2n) is 9.02. The molecule has 0 spiro atoms. The van der Waals surface area contributed by atoms with Crippen LogP contribution in [0, 0.1) is 11.8 Å². The number of nitrogens with zero attached hydrogens (tertiary/aromatic N) is 1.